The zero-order valence-corrected chi connectivity index (χ0v) is 14.4. The van der Waals surface area contributed by atoms with Crippen molar-refractivity contribution >= 4 is 23.0 Å². The average Bonchev–Trinajstić information content (AvgIpc) is 3.07. The normalized spacial score (nSPS) is 17.6. The number of piperidine rings is 1. The van der Waals surface area contributed by atoms with Crippen LogP contribution >= 0.6 is 11.6 Å². The topological polar surface area (TPSA) is 46.8 Å². The summed E-state index contributed by atoms with van der Waals surface area (Å²) in [5.74, 6) is 0.656. The fraction of sp³-hybridized carbons (Fsp3) is 0.263. The number of pyridine rings is 2. The summed E-state index contributed by atoms with van der Waals surface area (Å²) in [5, 5.41) is 0.490. The van der Waals surface area contributed by atoms with Crippen molar-refractivity contribution in [1.29, 1.82) is 0 Å². The van der Waals surface area contributed by atoms with Crippen molar-refractivity contribution < 1.29 is 9.53 Å². The van der Waals surface area contributed by atoms with Crippen LogP contribution in [-0.2, 0) is 0 Å². The Bertz CT molecular complexity index is 875. The number of likely N-dealkylation sites (tertiary alicyclic amines) is 1. The zero-order valence-electron chi connectivity index (χ0n) is 13.6. The lowest BCUT2D eigenvalue weighted by atomic mass is 10.1. The third-order valence-electron chi connectivity index (χ3n) is 4.45. The molecule has 1 fully saturated rings. The van der Waals surface area contributed by atoms with Gasteiger partial charge >= 0.3 is 0 Å². The van der Waals surface area contributed by atoms with E-state index in [1.165, 1.54) is 0 Å². The molecule has 1 unspecified atom stereocenters. The van der Waals surface area contributed by atoms with Gasteiger partial charge in [-0.1, -0.05) is 17.7 Å². The number of aromatic nitrogens is 2. The molecule has 1 aliphatic heterocycles. The van der Waals surface area contributed by atoms with Crippen LogP contribution in [0.1, 0.15) is 23.2 Å². The maximum atomic E-state index is 12.9. The van der Waals surface area contributed by atoms with Gasteiger partial charge < -0.3 is 14.0 Å². The van der Waals surface area contributed by atoms with E-state index < -0.39 is 0 Å². The smallest absolute Gasteiger partial charge is 0.255 e. The highest BCUT2D eigenvalue weighted by molar-refractivity contribution is 6.31. The minimum Gasteiger partial charge on any atom is -0.487 e. The Kier molecular flexibility index (Phi) is 4.32. The van der Waals surface area contributed by atoms with E-state index in [1.54, 1.807) is 18.5 Å². The molecule has 0 N–H and O–H groups in total. The van der Waals surface area contributed by atoms with Crippen LogP contribution in [0.15, 0.2) is 55.1 Å². The van der Waals surface area contributed by atoms with Gasteiger partial charge in [-0.15, -0.1) is 0 Å². The second-order valence-electron chi connectivity index (χ2n) is 6.20. The molecular weight excluding hydrogens is 338 g/mol. The number of hydrogen-bond acceptors (Lipinski definition) is 3. The van der Waals surface area contributed by atoms with Gasteiger partial charge in [0.25, 0.3) is 5.91 Å². The van der Waals surface area contributed by atoms with Crippen LogP contribution in [0.2, 0.25) is 5.02 Å². The molecule has 3 aromatic heterocycles. The van der Waals surface area contributed by atoms with Crippen LogP contribution in [0.25, 0.3) is 5.52 Å². The second-order valence-corrected chi connectivity index (χ2v) is 6.61. The molecule has 5 nitrogen and oxygen atoms in total. The van der Waals surface area contributed by atoms with Gasteiger partial charge in [-0.3, -0.25) is 9.78 Å². The lowest BCUT2D eigenvalue weighted by Crippen LogP contribution is -2.44. The predicted octanol–water partition coefficient (Wildman–Crippen LogP) is 3.67. The lowest BCUT2D eigenvalue weighted by molar-refractivity contribution is 0.0538. The molecule has 0 saturated carbocycles. The van der Waals surface area contributed by atoms with Crippen molar-refractivity contribution in [3.8, 4) is 5.75 Å². The largest absolute Gasteiger partial charge is 0.487 e. The highest BCUT2D eigenvalue weighted by atomic mass is 35.5. The fourth-order valence-electron chi connectivity index (χ4n) is 3.21. The van der Waals surface area contributed by atoms with Gasteiger partial charge in [0.15, 0.2) is 0 Å². The van der Waals surface area contributed by atoms with Crippen LogP contribution in [0.5, 0.6) is 5.75 Å². The Balaban J connectivity index is 1.48. The van der Waals surface area contributed by atoms with E-state index in [2.05, 4.69) is 4.98 Å². The summed E-state index contributed by atoms with van der Waals surface area (Å²) in [6.45, 7) is 1.30. The molecule has 0 radical (unpaired) electrons. The van der Waals surface area contributed by atoms with Crippen molar-refractivity contribution in [3.63, 3.8) is 0 Å². The van der Waals surface area contributed by atoms with E-state index in [0.29, 0.717) is 22.9 Å². The first-order valence-corrected chi connectivity index (χ1v) is 8.71. The number of carbonyl (C=O) groups is 1. The third-order valence-corrected chi connectivity index (χ3v) is 4.73. The maximum Gasteiger partial charge on any atom is 0.255 e. The Labute approximate surface area is 150 Å². The number of carbonyl (C=O) groups excluding carboxylic acids is 1. The molecule has 3 aromatic rings. The summed E-state index contributed by atoms with van der Waals surface area (Å²) in [5.41, 5.74) is 1.72. The molecule has 1 aliphatic rings. The Hall–Kier alpha value is -2.53. The molecule has 1 amide bonds. The van der Waals surface area contributed by atoms with E-state index >= 15 is 0 Å². The van der Waals surface area contributed by atoms with Crippen molar-refractivity contribution in [2.75, 3.05) is 13.1 Å². The van der Waals surface area contributed by atoms with E-state index in [9.17, 15) is 4.79 Å². The second kappa shape index (κ2) is 6.76. The maximum absolute atomic E-state index is 12.9. The number of hydrogen-bond donors (Lipinski definition) is 0. The van der Waals surface area contributed by atoms with Crippen LogP contribution in [0, 0.1) is 0 Å². The first-order valence-electron chi connectivity index (χ1n) is 8.33. The predicted molar refractivity (Wildman–Crippen MR) is 96.2 cm³/mol. The van der Waals surface area contributed by atoms with Crippen LogP contribution in [0.3, 0.4) is 0 Å². The molecular formula is C19H18ClN3O2. The van der Waals surface area contributed by atoms with Crippen LogP contribution in [0.4, 0.5) is 0 Å². The van der Waals surface area contributed by atoms with Crippen molar-refractivity contribution in [1.82, 2.24) is 14.3 Å². The number of rotatable bonds is 3. The van der Waals surface area contributed by atoms with E-state index in [-0.39, 0.29) is 12.0 Å². The molecule has 128 valence electrons. The summed E-state index contributed by atoms with van der Waals surface area (Å²) < 4.78 is 7.95. The third kappa shape index (κ3) is 3.33. The Morgan fingerprint density at radius 2 is 2.24 bits per heavy atom. The van der Waals surface area contributed by atoms with E-state index in [0.717, 1.165) is 24.9 Å². The number of nitrogens with zero attached hydrogens (tertiary/aromatic N) is 3. The lowest BCUT2D eigenvalue weighted by Gasteiger charge is -2.32. The monoisotopic (exact) mass is 355 g/mol. The highest BCUT2D eigenvalue weighted by Crippen LogP contribution is 2.26. The molecule has 0 bridgehead atoms. The summed E-state index contributed by atoms with van der Waals surface area (Å²) >= 11 is 6.11. The minimum absolute atomic E-state index is 0.0397. The van der Waals surface area contributed by atoms with Gasteiger partial charge in [-0.25, -0.2) is 0 Å². The molecule has 0 spiro atoms. The quantitative estimate of drug-likeness (QED) is 0.720. The summed E-state index contributed by atoms with van der Waals surface area (Å²) in [7, 11) is 0. The number of fused-ring (bicyclic) bond motifs is 1. The first kappa shape index (κ1) is 16.0. The van der Waals surface area contributed by atoms with Gasteiger partial charge in [-0.2, -0.15) is 0 Å². The molecule has 6 heteroatoms. The first-order chi connectivity index (χ1) is 12.2. The molecule has 0 aromatic carbocycles. The minimum atomic E-state index is -0.0605. The van der Waals surface area contributed by atoms with E-state index in [4.69, 9.17) is 16.3 Å². The van der Waals surface area contributed by atoms with Crippen molar-refractivity contribution in [2.45, 2.75) is 18.9 Å². The summed E-state index contributed by atoms with van der Waals surface area (Å²) in [4.78, 5) is 18.7. The standard InChI is InChI=1S/C19H18ClN3O2/c20-17-11-21-7-6-18(17)25-16-5-3-9-23(13-16)19(24)14-10-15-4-1-2-8-22(15)12-14/h1-2,4,6-8,10-12,16H,3,5,9,13H2. The van der Waals surface area contributed by atoms with Gasteiger partial charge in [0, 0.05) is 42.9 Å². The van der Waals surface area contributed by atoms with Crippen LogP contribution in [-0.4, -0.2) is 39.4 Å². The number of ether oxygens (including phenoxy) is 1. The van der Waals surface area contributed by atoms with Crippen molar-refractivity contribution in [3.05, 3.63) is 65.7 Å². The summed E-state index contributed by atoms with van der Waals surface area (Å²) in [6, 6.07) is 9.58. The van der Waals surface area contributed by atoms with Gasteiger partial charge in [0.05, 0.1) is 12.1 Å². The average molecular weight is 356 g/mol. The van der Waals surface area contributed by atoms with Crippen LogP contribution < -0.4 is 4.74 Å². The molecule has 1 atom stereocenters. The number of halogens is 1. The van der Waals surface area contributed by atoms with E-state index in [1.807, 2.05) is 46.0 Å². The fourth-order valence-corrected chi connectivity index (χ4v) is 3.38. The van der Waals surface area contributed by atoms with Gasteiger partial charge in [-0.05, 0) is 31.0 Å². The van der Waals surface area contributed by atoms with Gasteiger partial charge in [0.2, 0.25) is 0 Å². The van der Waals surface area contributed by atoms with Crippen molar-refractivity contribution in [2.24, 2.45) is 0 Å². The molecule has 0 aliphatic carbocycles. The SMILES string of the molecule is O=C(c1cc2ccccn2c1)N1CCCC(Oc2ccncc2Cl)C1. The Morgan fingerprint density at radius 1 is 1.32 bits per heavy atom. The molecule has 25 heavy (non-hydrogen) atoms. The summed E-state index contributed by atoms with van der Waals surface area (Å²) in [6.07, 6.45) is 8.79. The van der Waals surface area contributed by atoms with Gasteiger partial charge in [0.1, 0.15) is 16.9 Å². The Morgan fingerprint density at radius 3 is 3.08 bits per heavy atom. The molecule has 1 saturated heterocycles. The highest BCUT2D eigenvalue weighted by Gasteiger charge is 2.26. The number of amides is 1. The molecule has 4 rings (SSSR count). The zero-order chi connectivity index (χ0) is 17.2. The molecule has 4 heterocycles.